The molecular weight excluding hydrogens is 493 g/mol. The maximum atomic E-state index is 14.1. The monoisotopic (exact) mass is 511 g/mol. The molecular formula is C23H18F5N3O5. The average molecular weight is 511 g/mol. The van der Waals surface area contributed by atoms with Crippen molar-refractivity contribution in [3.8, 4) is 5.75 Å². The molecule has 6 rings (SSSR count). The Hall–Kier alpha value is -3.48. The van der Waals surface area contributed by atoms with Crippen LogP contribution in [0.4, 0.5) is 22.0 Å². The van der Waals surface area contributed by atoms with Crippen molar-refractivity contribution in [3.63, 3.8) is 0 Å². The fourth-order valence-electron chi connectivity index (χ4n) is 5.81. The van der Waals surface area contributed by atoms with E-state index in [2.05, 4.69) is 0 Å². The number of amides is 2. The summed E-state index contributed by atoms with van der Waals surface area (Å²) in [5.41, 5.74) is -3.67. The lowest BCUT2D eigenvalue weighted by atomic mass is 10.0. The second-order valence-electron chi connectivity index (χ2n) is 9.54. The highest BCUT2D eigenvalue weighted by Crippen LogP contribution is 2.58. The van der Waals surface area contributed by atoms with Crippen LogP contribution in [0.2, 0.25) is 0 Å². The van der Waals surface area contributed by atoms with E-state index in [4.69, 9.17) is 4.74 Å². The van der Waals surface area contributed by atoms with Crippen molar-refractivity contribution in [2.24, 2.45) is 11.8 Å². The summed E-state index contributed by atoms with van der Waals surface area (Å²) in [6.45, 7) is -0.0447. The molecule has 3 unspecified atom stereocenters. The minimum absolute atomic E-state index is 0.0236. The Morgan fingerprint density at radius 3 is 2.61 bits per heavy atom. The zero-order valence-corrected chi connectivity index (χ0v) is 18.3. The van der Waals surface area contributed by atoms with Gasteiger partial charge in [-0.2, -0.15) is 13.2 Å². The first-order valence-corrected chi connectivity index (χ1v) is 11.2. The van der Waals surface area contributed by atoms with Crippen molar-refractivity contribution in [3.05, 3.63) is 63.1 Å². The lowest BCUT2D eigenvalue weighted by molar-refractivity contribution is -0.155. The molecule has 2 aliphatic heterocycles. The molecule has 0 spiro atoms. The fourth-order valence-corrected chi connectivity index (χ4v) is 5.81. The Bertz CT molecular complexity index is 1380. The number of hydrogen-bond acceptors (Lipinski definition) is 5. The summed E-state index contributed by atoms with van der Waals surface area (Å²) in [4.78, 5) is 40.3. The number of ether oxygens (including phenoxy) is 1. The average Bonchev–Trinajstić information content (AvgIpc) is 3.54. The Kier molecular flexibility index (Phi) is 4.79. The van der Waals surface area contributed by atoms with E-state index in [1.807, 2.05) is 0 Å². The first-order valence-electron chi connectivity index (χ1n) is 11.2. The predicted molar refractivity (Wildman–Crippen MR) is 110 cm³/mol. The summed E-state index contributed by atoms with van der Waals surface area (Å²) < 4.78 is 75.5. The third-order valence-corrected chi connectivity index (χ3v) is 7.50. The topological polar surface area (TPSA) is 101 Å². The molecule has 8 nitrogen and oxygen atoms in total. The zero-order valence-electron chi connectivity index (χ0n) is 18.3. The number of rotatable bonds is 3. The van der Waals surface area contributed by atoms with Crippen molar-refractivity contribution in [2.45, 2.75) is 50.0 Å². The molecule has 2 aliphatic carbocycles. The largest absolute Gasteiger partial charge is 0.503 e. The molecule has 2 bridgehead atoms. The second kappa shape index (κ2) is 7.51. The molecule has 2 amide bonds. The van der Waals surface area contributed by atoms with Crippen LogP contribution < -0.4 is 10.7 Å². The Balaban J connectivity index is 1.35. The number of alkyl halides is 3. The number of benzene rings is 1. The van der Waals surface area contributed by atoms with E-state index in [0.29, 0.717) is 30.4 Å². The number of nitrogens with one attached hydrogen (secondary N) is 1. The van der Waals surface area contributed by atoms with Gasteiger partial charge in [0.2, 0.25) is 5.43 Å². The third-order valence-electron chi connectivity index (χ3n) is 7.50. The molecule has 1 aromatic carbocycles. The highest BCUT2D eigenvalue weighted by molar-refractivity contribution is 5.99. The molecule has 190 valence electrons. The molecule has 1 saturated heterocycles. The molecule has 4 aliphatic rings. The van der Waals surface area contributed by atoms with Crippen molar-refractivity contribution in [1.29, 1.82) is 0 Å². The molecule has 36 heavy (non-hydrogen) atoms. The second-order valence-corrected chi connectivity index (χ2v) is 9.54. The van der Waals surface area contributed by atoms with Gasteiger partial charge in [0.25, 0.3) is 11.8 Å². The van der Waals surface area contributed by atoms with Gasteiger partial charge >= 0.3 is 6.18 Å². The SMILES string of the molecule is O=C(N[C@@H](c1ccc(F)cc1F)C(F)(F)F)c1cn2c(c(O)c1=O)C(=O)N1C(C2)OC2CC1[C@H]1C[C@@H]21. The van der Waals surface area contributed by atoms with Crippen LogP contribution in [0.5, 0.6) is 5.75 Å². The quantitative estimate of drug-likeness (QED) is 0.617. The van der Waals surface area contributed by atoms with Crippen LogP contribution in [0.3, 0.4) is 0 Å². The summed E-state index contributed by atoms with van der Waals surface area (Å²) in [6, 6.07) is -1.63. The van der Waals surface area contributed by atoms with Crippen LogP contribution in [-0.4, -0.2) is 50.9 Å². The zero-order chi connectivity index (χ0) is 25.7. The number of carbonyl (C=O) groups excluding carboxylic acids is 2. The van der Waals surface area contributed by atoms with Gasteiger partial charge in [0, 0.05) is 23.9 Å². The van der Waals surface area contributed by atoms with Gasteiger partial charge in [-0.15, -0.1) is 0 Å². The number of aromatic nitrogens is 1. The van der Waals surface area contributed by atoms with Crippen LogP contribution >= 0.6 is 0 Å². The molecule has 0 radical (unpaired) electrons. The first-order chi connectivity index (χ1) is 17.0. The van der Waals surface area contributed by atoms with E-state index < -0.39 is 64.2 Å². The molecule has 13 heteroatoms. The lowest BCUT2D eigenvalue weighted by Crippen LogP contribution is -2.58. The van der Waals surface area contributed by atoms with Crippen molar-refractivity contribution in [2.75, 3.05) is 0 Å². The van der Waals surface area contributed by atoms with Gasteiger partial charge in [-0.3, -0.25) is 14.4 Å². The summed E-state index contributed by atoms with van der Waals surface area (Å²) in [6.07, 6.45) is -3.47. The van der Waals surface area contributed by atoms with Gasteiger partial charge in [-0.05, 0) is 30.7 Å². The van der Waals surface area contributed by atoms with Crippen LogP contribution in [0.25, 0.3) is 0 Å². The number of carbonyl (C=O) groups is 2. The molecule has 3 fully saturated rings. The van der Waals surface area contributed by atoms with Crippen LogP contribution in [0.1, 0.15) is 45.3 Å². The van der Waals surface area contributed by atoms with Gasteiger partial charge in [0.15, 0.2) is 23.7 Å². The fraction of sp³-hybridized carbons (Fsp3) is 0.435. The van der Waals surface area contributed by atoms with Crippen LogP contribution in [-0.2, 0) is 11.3 Å². The first kappa shape index (κ1) is 23.0. The Morgan fingerprint density at radius 1 is 1.17 bits per heavy atom. The van der Waals surface area contributed by atoms with Gasteiger partial charge in [-0.25, -0.2) is 8.78 Å². The number of hydrogen-bond donors (Lipinski definition) is 2. The van der Waals surface area contributed by atoms with E-state index >= 15 is 0 Å². The van der Waals surface area contributed by atoms with Gasteiger partial charge in [-0.1, -0.05) is 6.07 Å². The lowest BCUT2D eigenvalue weighted by Gasteiger charge is -2.45. The molecule has 2 N–H and O–H groups in total. The van der Waals surface area contributed by atoms with Crippen LogP contribution in [0.15, 0.2) is 29.2 Å². The van der Waals surface area contributed by atoms with Crippen molar-refractivity contribution in [1.82, 2.24) is 14.8 Å². The molecule has 6 atom stereocenters. The third kappa shape index (κ3) is 3.32. The summed E-state index contributed by atoms with van der Waals surface area (Å²) in [7, 11) is 0. The standard InChI is InChI=1S/C23H18F5N3O5/c24-8-1-2-9(13(25)3-8)20(23(26,27)28)29-21(34)12-6-30-7-16-31(22(35)17(30)19(33)18(12)32)14-5-15(36-16)11-4-10(11)14/h1-3,6,10-11,14-16,20,33H,4-5,7H2,(H,29,34)/t10-,11+,14?,15?,16?,20-/m0/s1. The van der Waals surface area contributed by atoms with Gasteiger partial charge in [0.1, 0.15) is 17.2 Å². The molecule has 3 heterocycles. The predicted octanol–water partition coefficient (Wildman–Crippen LogP) is 2.45. The Labute approximate surface area is 199 Å². The van der Waals surface area contributed by atoms with Crippen molar-refractivity contribution >= 4 is 11.8 Å². The number of fused-ring (bicyclic) bond motifs is 8. The summed E-state index contributed by atoms with van der Waals surface area (Å²) >= 11 is 0. The number of nitrogens with zero attached hydrogens (tertiary/aromatic N) is 2. The maximum absolute atomic E-state index is 14.1. The summed E-state index contributed by atoms with van der Waals surface area (Å²) in [5, 5.41) is 12.1. The Morgan fingerprint density at radius 2 is 1.92 bits per heavy atom. The molecule has 2 aromatic rings. The highest BCUT2D eigenvalue weighted by Gasteiger charge is 2.63. The highest BCUT2D eigenvalue weighted by atomic mass is 19.4. The van der Waals surface area contributed by atoms with Crippen molar-refractivity contribution < 1.29 is 41.4 Å². The van der Waals surface area contributed by atoms with Gasteiger partial charge in [0.05, 0.1) is 12.6 Å². The maximum Gasteiger partial charge on any atom is 0.412 e. The van der Waals surface area contributed by atoms with E-state index in [1.54, 1.807) is 5.32 Å². The molecule has 2 saturated carbocycles. The van der Waals surface area contributed by atoms with Crippen LogP contribution in [0, 0.1) is 23.5 Å². The molecule has 1 aromatic heterocycles. The number of pyridine rings is 1. The minimum Gasteiger partial charge on any atom is -0.503 e. The van der Waals surface area contributed by atoms with E-state index in [1.165, 1.54) is 4.90 Å². The smallest absolute Gasteiger partial charge is 0.412 e. The number of halogens is 5. The van der Waals surface area contributed by atoms with E-state index in [9.17, 15) is 41.4 Å². The van der Waals surface area contributed by atoms with E-state index in [-0.39, 0.29) is 30.5 Å². The van der Waals surface area contributed by atoms with E-state index in [0.717, 1.165) is 17.2 Å². The minimum atomic E-state index is -5.20. The summed E-state index contributed by atoms with van der Waals surface area (Å²) in [5.74, 6) is -5.32. The number of aromatic hydroxyl groups is 1. The van der Waals surface area contributed by atoms with Gasteiger partial charge < -0.3 is 24.6 Å². The normalized spacial score (nSPS) is 28.8.